The van der Waals surface area contributed by atoms with Crippen molar-refractivity contribution < 1.29 is 5.11 Å². The van der Waals surface area contributed by atoms with Gasteiger partial charge in [-0.25, -0.2) is 0 Å². The van der Waals surface area contributed by atoms with Crippen LogP contribution in [0.25, 0.3) is 0 Å². The molecule has 2 nitrogen and oxygen atoms in total. The molecule has 0 aromatic rings. The molecule has 0 aromatic heterocycles. The maximum absolute atomic E-state index is 9.83. The van der Waals surface area contributed by atoms with Gasteiger partial charge in [0.1, 0.15) is 0 Å². The highest BCUT2D eigenvalue weighted by molar-refractivity contribution is 5.27. The Hall–Kier alpha value is -0.340. The molecular weight excluding hydrogens is 186 g/mol. The van der Waals surface area contributed by atoms with Crippen LogP contribution in [0.2, 0.25) is 0 Å². The van der Waals surface area contributed by atoms with Crippen LogP contribution in [-0.4, -0.2) is 34.7 Å². The quantitative estimate of drug-likeness (QED) is 0.669. The molecule has 2 heteroatoms. The van der Waals surface area contributed by atoms with Gasteiger partial charge in [0.05, 0.1) is 6.10 Å². The summed E-state index contributed by atoms with van der Waals surface area (Å²) >= 11 is 0. The minimum Gasteiger partial charge on any atom is -0.392 e. The molecule has 2 aliphatic rings. The average molecular weight is 209 g/mol. The maximum Gasteiger partial charge on any atom is 0.0688 e. The first kappa shape index (κ1) is 11.2. The van der Waals surface area contributed by atoms with Gasteiger partial charge in [0.15, 0.2) is 0 Å². The number of hydrogen-bond acceptors (Lipinski definition) is 2. The van der Waals surface area contributed by atoms with Crippen LogP contribution in [0.4, 0.5) is 0 Å². The molecule has 0 radical (unpaired) electrons. The Balaban J connectivity index is 2.25. The van der Waals surface area contributed by atoms with Crippen LogP contribution in [0.15, 0.2) is 12.2 Å². The Bertz CT molecular complexity index is 279. The van der Waals surface area contributed by atoms with Crippen molar-refractivity contribution in [1.82, 2.24) is 4.90 Å². The second-order valence-electron chi connectivity index (χ2n) is 6.43. The van der Waals surface area contributed by atoms with E-state index < -0.39 is 0 Å². The molecular formula is C13H23NO. The van der Waals surface area contributed by atoms with E-state index in [2.05, 4.69) is 32.3 Å². The molecule has 1 N–H and O–H groups in total. The summed E-state index contributed by atoms with van der Waals surface area (Å²) in [6.45, 7) is 13.0. The van der Waals surface area contributed by atoms with Crippen molar-refractivity contribution in [2.24, 2.45) is 5.41 Å². The van der Waals surface area contributed by atoms with Gasteiger partial charge in [-0.05, 0) is 24.7 Å². The Kier molecular flexibility index (Phi) is 2.47. The van der Waals surface area contributed by atoms with E-state index in [1.54, 1.807) is 0 Å². The number of aliphatic hydroxyl groups excluding tert-OH is 1. The summed E-state index contributed by atoms with van der Waals surface area (Å²) in [5.74, 6) is 0. The average Bonchev–Trinajstić information content (AvgIpc) is 2.47. The molecule has 0 amide bonds. The molecule has 0 bridgehead atoms. The van der Waals surface area contributed by atoms with Gasteiger partial charge < -0.3 is 5.11 Å². The second-order valence-corrected chi connectivity index (χ2v) is 6.43. The number of fused-ring (bicyclic) bond motifs is 1. The van der Waals surface area contributed by atoms with E-state index >= 15 is 0 Å². The number of β-amino-alcohol motifs (C(OH)–C–C–N with tert-alkyl or cyclic N) is 1. The zero-order chi connectivity index (χ0) is 11.3. The summed E-state index contributed by atoms with van der Waals surface area (Å²) in [7, 11) is 0. The van der Waals surface area contributed by atoms with Crippen LogP contribution < -0.4 is 0 Å². The molecule has 2 fully saturated rings. The van der Waals surface area contributed by atoms with E-state index in [-0.39, 0.29) is 11.6 Å². The van der Waals surface area contributed by atoms with Gasteiger partial charge in [-0.3, -0.25) is 4.90 Å². The molecule has 0 unspecified atom stereocenters. The topological polar surface area (TPSA) is 23.5 Å². The third-order valence-corrected chi connectivity index (χ3v) is 3.77. The molecule has 0 saturated carbocycles. The summed E-state index contributed by atoms with van der Waals surface area (Å²) in [6, 6.07) is 0. The first-order valence-electron chi connectivity index (χ1n) is 5.95. The molecule has 2 heterocycles. The fraction of sp³-hybridized carbons (Fsp3) is 0.846. The van der Waals surface area contributed by atoms with Crippen molar-refractivity contribution in [3.05, 3.63) is 12.2 Å². The smallest absolute Gasteiger partial charge is 0.0688 e. The van der Waals surface area contributed by atoms with E-state index in [9.17, 15) is 5.11 Å². The number of nitrogens with zero attached hydrogens (tertiary/aromatic N) is 1. The summed E-state index contributed by atoms with van der Waals surface area (Å²) in [4.78, 5) is 2.45. The molecule has 2 atom stereocenters. The molecule has 0 spiro atoms. The van der Waals surface area contributed by atoms with Crippen LogP contribution in [-0.2, 0) is 0 Å². The monoisotopic (exact) mass is 209 g/mol. The van der Waals surface area contributed by atoms with E-state index in [0.29, 0.717) is 5.41 Å². The van der Waals surface area contributed by atoms with Crippen molar-refractivity contribution in [2.45, 2.75) is 51.7 Å². The molecule has 0 aromatic carbocycles. The first-order chi connectivity index (χ1) is 6.83. The van der Waals surface area contributed by atoms with Crippen LogP contribution in [0.5, 0.6) is 0 Å². The summed E-state index contributed by atoms with van der Waals surface area (Å²) in [5.41, 5.74) is 1.75. The Labute approximate surface area is 93.0 Å². The van der Waals surface area contributed by atoms with Crippen molar-refractivity contribution >= 4 is 0 Å². The molecule has 2 aliphatic heterocycles. The van der Waals surface area contributed by atoms with Gasteiger partial charge in [0.25, 0.3) is 0 Å². The second kappa shape index (κ2) is 3.33. The number of rotatable bonds is 1. The highest BCUT2D eigenvalue weighted by Crippen LogP contribution is 2.48. The van der Waals surface area contributed by atoms with Crippen LogP contribution in [0.3, 0.4) is 0 Å². The third kappa shape index (κ3) is 1.85. The van der Waals surface area contributed by atoms with Gasteiger partial charge in [-0.1, -0.05) is 32.9 Å². The van der Waals surface area contributed by atoms with Gasteiger partial charge in [-0.15, -0.1) is 0 Å². The van der Waals surface area contributed by atoms with Crippen molar-refractivity contribution in [2.75, 3.05) is 13.1 Å². The zero-order valence-electron chi connectivity index (χ0n) is 10.2. The van der Waals surface area contributed by atoms with Crippen molar-refractivity contribution in [3.8, 4) is 0 Å². The van der Waals surface area contributed by atoms with Crippen molar-refractivity contribution in [1.29, 1.82) is 0 Å². The van der Waals surface area contributed by atoms with E-state index in [1.165, 1.54) is 5.57 Å². The van der Waals surface area contributed by atoms with Gasteiger partial charge in [0.2, 0.25) is 0 Å². The van der Waals surface area contributed by atoms with Crippen LogP contribution in [0.1, 0.15) is 40.0 Å². The number of aliphatic hydroxyl groups is 1. The SMILES string of the molecule is C=C1CCN2C[C@H](O)C[C@]12CC(C)(C)C. The van der Waals surface area contributed by atoms with E-state index in [1.807, 2.05) is 0 Å². The first-order valence-corrected chi connectivity index (χ1v) is 5.95. The third-order valence-electron chi connectivity index (χ3n) is 3.77. The highest BCUT2D eigenvalue weighted by atomic mass is 16.3. The number of hydrogen-bond donors (Lipinski definition) is 1. The normalized spacial score (nSPS) is 37.3. The predicted octanol–water partition coefficient (Wildman–Crippen LogP) is 2.19. The molecule has 15 heavy (non-hydrogen) atoms. The van der Waals surface area contributed by atoms with Crippen molar-refractivity contribution in [3.63, 3.8) is 0 Å². The summed E-state index contributed by atoms with van der Waals surface area (Å²) in [6.07, 6.45) is 2.98. The van der Waals surface area contributed by atoms with Crippen LogP contribution >= 0.6 is 0 Å². The molecule has 2 saturated heterocycles. The Morgan fingerprint density at radius 3 is 2.80 bits per heavy atom. The van der Waals surface area contributed by atoms with Gasteiger partial charge in [-0.2, -0.15) is 0 Å². The highest BCUT2D eigenvalue weighted by Gasteiger charge is 2.51. The predicted molar refractivity (Wildman–Crippen MR) is 62.8 cm³/mol. The summed E-state index contributed by atoms with van der Waals surface area (Å²) < 4.78 is 0. The zero-order valence-corrected chi connectivity index (χ0v) is 10.2. The largest absolute Gasteiger partial charge is 0.392 e. The summed E-state index contributed by atoms with van der Waals surface area (Å²) in [5, 5.41) is 9.83. The lowest BCUT2D eigenvalue weighted by atomic mass is 9.75. The van der Waals surface area contributed by atoms with Gasteiger partial charge >= 0.3 is 0 Å². The standard InChI is InChI=1S/C13H23NO/c1-10-5-6-14-8-11(15)7-13(10,14)9-12(2,3)4/h11,15H,1,5-9H2,2-4H3/t11-,13+/m1/s1. The van der Waals surface area contributed by atoms with E-state index in [4.69, 9.17) is 0 Å². The fourth-order valence-electron chi connectivity index (χ4n) is 3.37. The van der Waals surface area contributed by atoms with Crippen LogP contribution in [0, 0.1) is 5.41 Å². The Morgan fingerprint density at radius 2 is 2.20 bits per heavy atom. The minimum absolute atomic E-state index is 0.109. The van der Waals surface area contributed by atoms with Gasteiger partial charge in [0, 0.05) is 18.6 Å². The maximum atomic E-state index is 9.83. The fourth-order valence-corrected chi connectivity index (χ4v) is 3.37. The molecule has 86 valence electrons. The molecule has 0 aliphatic carbocycles. The lowest BCUT2D eigenvalue weighted by molar-refractivity contribution is 0.155. The Morgan fingerprint density at radius 1 is 1.53 bits per heavy atom. The lowest BCUT2D eigenvalue weighted by Gasteiger charge is -2.38. The minimum atomic E-state index is -0.149. The molecule has 2 rings (SSSR count). The lowest BCUT2D eigenvalue weighted by Crippen LogP contribution is -2.42. The van der Waals surface area contributed by atoms with E-state index in [0.717, 1.165) is 32.4 Å².